The van der Waals surface area contributed by atoms with E-state index in [0.717, 1.165) is 21.9 Å². The van der Waals surface area contributed by atoms with Gasteiger partial charge in [-0.3, -0.25) is 4.79 Å². The second kappa shape index (κ2) is 7.17. The first-order valence-corrected chi connectivity index (χ1v) is 12.0. The van der Waals surface area contributed by atoms with E-state index < -0.39 is 26.6 Å². The van der Waals surface area contributed by atoms with Gasteiger partial charge in [-0.1, -0.05) is 42.0 Å². The maximum Gasteiger partial charge on any atom is 0.333 e. The number of rotatable bonds is 3. The molecule has 7 heteroatoms. The standard InChI is InChI=1S/C25H23NO5S/c1-16-7-9-20(10-8-16)32(29,30)23-21-14-18-6-4-3-5-17(18)13-19(21)15-26-22(27)11-12-25(23,26)24(28)31-2/h3-10,13-14,23H,11-12,15H2,1-2H3/t23-,25-/m1/s1. The van der Waals surface area contributed by atoms with Crippen LogP contribution in [0.4, 0.5) is 0 Å². The second-order valence-electron chi connectivity index (χ2n) is 8.53. The summed E-state index contributed by atoms with van der Waals surface area (Å²) >= 11 is 0. The van der Waals surface area contributed by atoms with Gasteiger partial charge in [0.25, 0.3) is 0 Å². The molecule has 0 saturated carbocycles. The zero-order valence-electron chi connectivity index (χ0n) is 17.9. The molecule has 0 unspecified atom stereocenters. The molecule has 3 aromatic carbocycles. The summed E-state index contributed by atoms with van der Waals surface area (Å²) in [6.07, 6.45) is 0.197. The van der Waals surface area contributed by atoms with Crippen molar-refractivity contribution in [3.05, 3.63) is 77.4 Å². The zero-order valence-corrected chi connectivity index (χ0v) is 18.7. The van der Waals surface area contributed by atoms with Gasteiger partial charge in [0, 0.05) is 13.0 Å². The third-order valence-electron chi connectivity index (χ3n) is 6.75. The van der Waals surface area contributed by atoms with Crippen molar-refractivity contribution < 1.29 is 22.7 Å². The van der Waals surface area contributed by atoms with Crippen LogP contribution >= 0.6 is 0 Å². The number of hydrogen-bond donors (Lipinski definition) is 0. The topological polar surface area (TPSA) is 80.8 Å². The van der Waals surface area contributed by atoms with Gasteiger partial charge in [0.05, 0.1) is 12.0 Å². The van der Waals surface area contributed by atoms with Crippen LogP contribution in [0.15, 0.2) is 65.6 Å². The molecule has 1 fully saturated rings. The number of methoxy groups -OCH3 is 1. The Labute approximate surface area is 186 Å². The van der Waals surface area contributed by atoms with Crippen LogP contribution in [0.3, 0.4) is 0 Å². The number of sulfone groups is 1. The Bertz CT molecular complexity index is 1360. The van der Waals surface area contributed by atoms with E-state index in [1.165, 1.54) is 12.0 Å². The van der Waals surface area contributed by atoms with Crippen LogP contribution in [0.25, 0.3) is 10.8 Å². The molecule has 0 bridgehead atoms. The van der Waals surface area contributed by atoms with Crippen molar-refractivity contribution >= 4 is 32.5 Å². The summed E-state index contributed by atoms with van der Waals surface area (Å²) in [5.41, 5.74) is 0.629. The van der Waals surface area contributed by atoms with Crippen molar-refractivity contribution in [1.82, 2.24) is 4.90 Å². The summed E-state index contributed by atoms with van der Waals surface area (Å²) in [6, 6.07) is 18.0. The summed E-state index contributed by atoms with van der Waals surface area (Å²) in [5, 5.41) is 0.577. The van der Waals surface area contributed by atoms with Crippen molar-refractivity contribution in [3.8, 4) is 0 Å². The van der Waals surface area contributed by atoms with E-state index in [2.05, 4.69) is 0 Å². The summed E-state index contributed by atoms with van der Waals surface area (Å²) < 4.78 is 33.4. The lowest BCUT2D eigenvalue weighted by atomic mass is 9.81. The molecule has 164 valence electrons. The van der Waals surface area contributed by atoms with Crippen LogP contribution in [0.5, 0.6) is 0 Å². The zero-order chi connectivity index (χ0) is 22.7. The molecule has 2 aliphatic rings. The predicted octanol–water partition coefficient (Wildman–Crippen LogP) is 3.71. The lowest BCUT2D eigenvalue weighted by Gasteiger charge is -2.46. The molecule has 5 rings (SSSR count). The number of esters is 1. The number of fused-ring (bicyclic) bond motifs is 3. The maximum atomic E-state index is 14.1. The molecule has 2 heterocycles. The van der Waals surface area contributed by atoms with Gasteiger partial charge in [0.1, 0.15) is 5.25 Å². The molecule has 3 aromatic rings. The molecular weight excluding hydrogens is 426 g/mol. The highest BCUT2D eigenvalue weighted by molar-refractivity contribution is 7.91. The van der Waals surface area contributed by atoms with Crippen LogP contribution in [-0.4, -0.2) is 37.8 Å². The van der Waals surface area contributed by atoms with Gasteiger partial charge in [-0.25, -0.2) is 13.2 Å². The van der Waals surface area contributed by atoms with E-state index in [1.807, 2.05) is 43.3 Å². The van der Waals surface area contributed by atoms with Crippen molar-refractivity contribution in [2.75, 3.05) is 7.11 Å². The van der Waals surface area contributed by atoms with Gasteiger partial charge in [-0.2, -0.15) is 0 Å². The van der Waals surface area contributed by atoms with Crippen LogP contribution in [0, 0.1) is 6.92 Å². The fourth-order valence-corrected chi connectivity index (χ4v) is 7.39. The van der Waals surface area contributed by atoms with Crippen LogP contribution < -0.4 is 0 Å². The first-order chi connectivity index (χ1) is 15.3. The molecular formula is C25H23NO5S. The average Bonchev–Trinajstić information content (AvgIpc) is 3.12. The normalized spacial score (nSPS) is 22.5. The summed E-state index contributed by atoms with van der Waals surface area (Å²) in [5.74, 6) is -0.929. The first-order valence-electron chi connectivity index (χ1n) is 10.5. The molecule has 32 heavy (non-hydrogen) atoms. The van der Waals surface area contributed by atoms with Crippen molar-refractivity contribution in [1.29, 1.82) is 0 Å². The van der Waals surface area contributed by atoms with Crippen molar-refractivity contribution in [2.24, 2.45) is 0 Å². The maximum absolute atomic E-state index is 14.1. The van der Waals surface area contributed by atoms with Gasteiger partial charge in [-0.15, -0.1) is 0 Å². The summed E-state index contributed by atoms with van der Waals surface area (Å²) in [6.45, 7) is 2.06. The van der Waals surface area contributed by atoms with Crippen molar-refractivity contribution in [2.45, 2.75) is 42.0 Å². The predicted molar refractivity (Wildman–Crippen MR) is 120 cm³/mol. The number of benzene rings is 3. The van der Waals surface area contributed by atoms with E-state index in [-0.39, 0.29) is 30.2 Å². The van der Waals surface area contributed by atoms with Gasteiger partial charge in [-0.05, 0) is 59.5 Å². The average molecular weight is 450 g/mol. The minimum atomic E-state index is -4.05. The van der Waals surface area contributed by atoms with E-state index in [0.29, 0.717) is 5.56 Å². The van der Waals surface area contributed by atoms with Crippen LogP contribution in [-0.2, 0) is 30.7 Å². The fraction of sp³-hybridized carbons (Fsp3) is 0.280. The first kappa shape index (κ1) is 20.7. The SMILES string of the molecule is COC(=O)[C@]12CCC(=O)N1Cc1cc3ccccc3cc1[C@H]2S(=O)(=O)c1ccc(C)cc1. The Hall–Kier alpha value is -3.19. The number of ether oxygens (including phenoxy) is 1. The minimum Gasteiger partial charge on any atom is -0.467 e. The van der Waals surface area contributed by atoms with Gasteiger partial charge < -0.3 is 9.64 Å². The van der Waals surface area contributed by atoms with Gasteiger partial charge >= 0.3 is 5.97 Å². The molecule has 1 saturated heterocycles. The Morgan fingerprint density at radius 2 is 1.72 bits per heavy atom. The van der Waals surface area contributed by atoms with E-state index in [4.69, 9.17) is 4.74 Å². The molecule has 6 nitrogen and oxygen atoms in total. The molecule has 0 N–H and O–H groups in total. The van der Waals surface area contributed by atoms with E-state index in [9.17, 15) is 18.0 Å². The number of nitrogens with zero attached hydrogens (tertiary/aromatic N) is 1. The minimum absolute atomic E-state index is 0.0977. The molecule has 1 amide bonds. The smallest absolute Gasteiger partial charge is 0.333 e. The van der Waals surface area contributed by atoms with E-state index >= 15 is 0 Å². The molecule has 2 atom stereocenters. The van der Waals surface area contributed by atoms with Crippen LogP contribution in [0.1, 0.15) is 34.8 Å². The molecule has 2 aliphatic heterocycles. The number of amides is 1. The fourth-order valence-electron chi connectivity index (χ4n) is 5.19. The monoisotopic (exact) mass is 449 g/mol. The second-order valence-corrected chi connectivity index (χ2v) is 10.6. The molecule has 0 aromatic heterocycles. The highest BCUT2D eigenvalue weighted by Gasteiger charge is 2.64. The van der Waals surface area contributed by atoms with Gasteiger partial charge in [0.2, 0.25) is 5.91 Å². The Morgan fingerprint density at radius 1 is 1.06 bits per heavy atom. The third kappa shape index (κ3) is 2.80. The van der Waals surface area contributed by atoms with Crippen LogP contribution in [0.2, 0.25) is 0 Å². The summed E-state index contributed by atoms with van der Waals surface area (Å²) in [4.78, 5) is 27.7. The van der Waals surface area contributed by atoms with E-state index in [1.54, 1.807) is 24.3 Å². The Kier molecular flexibility index (Phi) is 4.64. The number of aryl methyl sites for hydroxylation is 1. The quantitative estimate of drug-likeness (QED) is 0.570. The number of carbonyl (C=O) groups excluding carboxylic acids is 2. The highest BCUT2D eigenvalue weighted by atomic mass is 32.2. The lowest BCUT2D eigenvalue weighted by Crippen LogP contribution is -2.60. The number of carbonyl (C=O) groups is 2. The Balaban J connectivity index is 1.84. The number of hydrogen-bond acceptors (Lipinski definition) is 5. The molecule has 0 spiro atoms. The third-order valence-corrected chi connectivity index (χ3v) is 8.95. The largest absolute Gasteiger partial charge is 0.467 e. The molecule has 0 aliphatic carbocycles. The molecule has 0 radical (unpaired) electrons. The Morgan fingerprint density at radius 3 is 2.38 bits per heavy atom. The lowest BCUT2D eigenvalue weighted by molar-refractivity contribution is -0.159. The van der Waals surface area contributed by atoms with Gasteiger partial charge in [0.15, 0.2) is 15.4 Å². The summed E-state index contributed by atoms with van der Waals surface area (Å²) in [7, 11) is -2.81. The van der Waals surface area contributed by atoms with Crippen molar-refractivity contribution in [3.63, 3.8) is 0 Å². The highest BCUT2D eigenvalue weighted by Crippen LogP contribution is 2.53.